The van der Waals surface area contributed by atoms with E-state index in [9.17, 15) is 5.11 Å². The second kappa shape index (κ2) is 5.83. The van der Waals surface area contributed by atoms with Crippen LogP contribution < -0.4 is 0 Å². The molecule has 0 spiro atoms. The van der Waals surface area contributed by atoms with Gasteiger partial charge >= 0.3 is 0 Å². The van der Waals surface area contributed by atoms with Crippen LogP contribution in [-0.2, 0) is 9.47 Å². The lowest BCUT2D eigenvalue weighted by Gasteiger charge is -2.41. The van der Waals surface area contributed by atoms with Crippen molar-refractivity contribution >= 4 is 0 Å². The standard InChI is InChI=1S/C12H24O3/c1-4-15-12(5-7-14-8-6-12)11(13)9-10(2)3/h10-11,13H,4-9H2,1-3H3. The molecule has 0 radical (unpaired) electrons. The zero-order chi connectivity index (χ0) is 11.3. The van der Waals surface area contributed by atoms with Gasteiger partial charge in [0.2, 0.25) is 0 Å². The molecule has 0 bridgehead atoms. The molecule has 1 aliphatic heterocycles. The maximum absolute atomic E-state index is 10.2. The number of hydrogen-bond acceptors (Lipinski definition) is 3. The lowest BCUT2D eigenvalue weighted by Crippen LogP contribution is -2.49. The Kier molecular flexibility index (Phi) is 5.03. The first kappa shape index (κ1) is 12.9. The van der Waals surface area contributed by atoms with E-state index in [0.717, 1.165) is 19.3 Å². The van der Waals surface area contributed by atoms with Crippen molar-refractivity contribution in [1.29, 1.82) is 0 Å². The highest BCUT2D eigenvalue weighted by atomic mass is 16.5. The number of ether oxygens (including phenoxy) is 2. The molecule has 1 N–H and O–H groups in total. The summed E-state index contributed by atoms with van der Waals surface area (Å²) in [5.74, 6) is 0.500. The van der Waals surface area contributed by atoms with Gasteiger partial charge < -0.3 is 14.6 Å². The Bertz CT molecular complexity index is 168. The van der Waals surface area contributed by atoms with Crippen molar-refractivity contribution in [3.05, 3.63) is 0 Å². The van der Waals surface area contributed by atoms with Crippen LogP contribution in [0, 0.1) is 5.92 Å². The van der Waals surface area contributed by atoms with Crippen LogP contribution in [-0.4, -0.2) is 36.6 Å². The summed E-state index contributed by atoms with van der Waals surface area (Å²) in [7, 11) is 0. The SMILES string of the molecule is CCOC1(C(O)CC(C)C)CCOCC1. The molecule has 3 nitrogen and oxygen atoms in total. The van der Waals surface area contributed by atoms with Gasteiger partial charge in [0.25, 0.3) is 0 Å². The summed E-state index contributed by atoms with van der Waals surface area (Å²) in [6, 6.07) is 0. The van der Waals surface area contributed by atoms with Crippen LogP contribution in [0.5, 0.6) is 0 Å². The molecule has 1 fully saturated rings. The fraction of sp³-hybridized carbons (Fsp3) is 1.00. The minimum atomic E-state index is -0.360. The van der Waals surface area contributed by atoms with E-state index in [0.29, 0.717) is 25.7 Å². The average molecular weight is 216 g/mol. The first-order chi connectivity index (χ1) is 7.10. The molecule has 0 aromatic rings. The smallest absolute Gasteiger partial charge is 0.0983 e. The van der Waals surface area contributed by atoms with Gasteiger partial charge in [-0.15, -0.1) is 0 Å². The molecule has 1 atom stereocenters. The highest BCUT2D eigenvalue weighted by Gasteiger charge is 2.40. The van der Waals surface area contributed by atoms with Crippen LogP contribution in [0.25, 0.3) is 0 Å². The molecule has 1 heterocycles. The van der Waals surface area contributed by atoms with Crippen molar-refractivity contribution in [1.82, 2.24) is 0 Å². The van der Waals surface area contributed by atoms with Crippen LogP contribution in [0.1, 0.15) is 40.0 Å². The van der Waals surface area contributed by atoms with Crippen LogP contribution in [0.2, 0.25) is 0 Å². The Morgan fingerprint density at radius 3 is 2.40 bits per heavy atom. The molecule has 15 heavy (non-hydrogen) atoms. The first-order valence-electron chi connectivity index (χ1n) is 6.00. The normalized spacial score (nSPS) is 23.0. The molecule has 1 unspecified atom stereocenters. The lowest BCUT2D eigenvalue weighted by molar-refractivity contribution is -0.169. The van der Waals surface area contributed by atoms with Gasteiger partial charge in [0, 0.05) is 32.7 Å². The van der Waals surface area contributed by atoms with Crippen molar-refractivity contribution < 1.29 is 14.6 Å². The average Bonchev–Trinajstić information content (AvgIpc) is 2.18. The largest absolute Gasteiger partial charge is 0.390 e. The summed E-state index contributed by atoms with van der Waals surface area (Å²) < 4.78 is 11.1. The summed E-state index contributed by atoms with van der Waals surface area (Å²) in [6.07, 6.45) is 2.07. The predicted octanol–water partition coefficient (Wildman–Crippen LogP) is 1.98. The van der Waals surface area contributed by atoms with Crippen molar-refractivity contribution in [3.63, 3.8) is 0 Å². The monoisotopic (exact) mass is 216 g/mol. The number of rotatable bonds is 5. The van der Waals surface area contributed by atoms with Crippen LogP contribution in [0.4, 0.5) is 0 Å². The van der Waals surface area contributed by atoms with Crippen LogP contribution >= 0.6 is 0 Å². The van der Waals surface area contributed by atoms with E-state index < -0.39 is 0 Å². The topological polar surface area (TPSA) is 38.7 Å². The summed E-state index contributed by atoms with van der Waals surface area (Å²) >= 11 is 0. The van der Waals surface area contributed by atoms with Crippen molar-refractivity contribution in [3.8, 4) is 0 Å². The maximum Gasteiger partial charge on any atom is 0.0983 e. The van der Waals surface area contributed by atoms with Crippen molar-refractivity contribution in [2.45, 2.75) is 51.7 Å². The summed E-state index contributed by atoms with van der Waals surface area (Å²) in [5.41, 5.74) is -0.350. The molecule has 0 saturated carbocycles. The zero-order valence-electron chi connectivity index (χ0n) is 10.2. The zero-order valence-corrected chi connectivity index (χ0v) is 10.2. The molecular weight excluding hydrogens is 192 g/mol. The minimum absolute atomic E-state index is 0.350. The van der Waals surface area contributed by atoms with E-state index in [1.165, 1.54) is 0 Å². The van der Waals surface area contributed by atoms with Crippen LogP contribution in [0.3, 0.4) is 0 Å². The first-order valence-corrected chi connectivity index (χ1v) is 6.00. The molecule has 1 rings (SSSR count). The van der Waals surface area contributed by atoms with E-state index in [1.807, 2.05) is 6.92 Å². The van der Waals surface area contributed by atoms with Crippen molar-refractivity contribution in [2.75, 3.05) is 19.8 Å². The molecule has 1 saturated heterocycles. The molecular formula is C12H24O3. The van der Waals surface area contributed by atoms with Crippen molar-refractivity contribution in [2.24, 2.45) is 5.92 Å². The van der Waals surface area contributed by atoms with Gasteiger partial charge in [0.05, 0.1) is 11.7 Å². The lowest BCUT2D eigenvalue weighted by atomic mass is 9.84. The van der Waals surface area contributed by atoms with Gasteiger partial charge in [0.1, 0.15) is 0 Å². The van der Waals surface area contributed by atoms with E-state index >= 15 is 0 Å². The Labute approximate surface area is 92.8 Å². The fourth-order valence-corrected chi connectivity index (χ4v) is 2.24. The van der Waals surface area contributed by atoms with E-state index in [-0.39, 0.29) is 11.7 Å². The van der Waals surface area contributed by atoms with Gasteiger partial charge in [-0.1, -0.05) is 13.8 Å². The summed E-state index contributed by atoms with van der Waals surface area (Å²) in [4.78, 5) is 0. The van der Waals surface area contributed by atoms with Gasteiger partial charge in [-0.3, -0.25) is 0 Å². The second-order valence-electron chi connectivity index (χ2n) is 4.76. The Balaban J connectivity index is 2.61. The molecule has 0 aliphatic carbocycles. The van der Waals surface area contributed by atoms with Gasteiger partial charge in [-0.2, -0.15) is 0 Å². The fourth-order valence-electron chi connectivity index (χ4n) is 2.24. The van der Waals surface area contributed by atoms with E-state index in [2.05, 4.69) is 13.8 Å². The summed E-state index contributed by atoms with van der Waals surface area (Å²) in [6.45, 7) is 8.31. The minimum Gasteiger partial charge on any atom is -0.390 e. The molecule has 90 valence electrons. The molecule has 3 heteroatoms. The third-order valence-corrected chi connectivity index (χ3v) is 3.07. The van der Waals surface area contributed by atoms with Gasteiger partial charge in [-0.05, 0) is 19.3 Å². The quantitative estimate of drug-likeness (QED) is 0.763. The maximum atomic E-state index is 10.2. The molecule has 0 aromatic heterocycles. The molecule has 0 aromatic carbocycles. The highest BCUT2D eigenvalue weighted by Crippen LogP contribution is 2.31. The van der Waals surface area contributed by atoms with E-state index in [1.54, 1.807) is 0 Å². The predicted molar refractivity (Wildman–Crippen MR) is 59.9 cm³/mol. The Morgan fingerprint density at radius 1 is 1.33 bits per heavy atom. The Morgan fingerprint density at radius 2 is 1.93 bits per heavy atom. The highest BCUT2D eigenvalue weighted by molar-refractivity contribution is 4.91. The van der Waals surface area contributed by atoms with Crippen LogP contribution in [0.15, 0.2) is 0 Å². The third kappa shape index (κ3) is 3.44. The Hall–Kier alpha value is -0.120. The van der Waals surface area contributed by atoms with E-state index in [4.69, 9.17) is 9.47 Å². The number of aliphatic hydroxyl groups is 1. The van der Waals surface area contributed by atoms with Gasteiger partial charge in [0.15, 0.2) is 0 Å². The second-order valence-corrected chi connectivity index (χ2v) is 4.76. The summed E-state index contributed by atoms with van der Waals surface area (Å²) in [5, 5.41) is 10.2. The number of aliphatic hydroxyl groups excluding tert-OH is 1. The number of hydrogen-bond donors (Lipinski definition) is 1. The molecule has 1 aliphatic rings. The van der Waals surface area contributed by atoms with Gasteiger partial charge in [-0.25, -0.2) is 0 Å². The third-order valence-electron chi connectivity index (χ3n) is 3.07. The molecule has 0 amide bonds.